The Labute approximate surface area is 103 Å². The number of hydrogen-bond acceptors (Lipinski definition) is 3. The van der Waals surface area contributed by atoms with Gasteiger partial charge in [0.2, 0.25) is 0 Å². The first-order valence-electron chi connectivity index (χ1n) is 4.50. The molecular formula is C12H7NOS2. The van der Waals surface area contributed by atoms with E-state index in [9.17, 15) is 4.79 Å². The van der Waals surface area contributed by atoms with Crippen LogP contribution in [0, 0.1) is 12.3 Å². The quantitative estimate of drug-likeness (QED) is 0.467. The lowest BCUT2D eigenvalue weighted by Crippen LogP contribution is -2.17. The number of thiocarbonyl (C=S) groups is 1. The third-order valence-electron chi connectivity index (χ3n) is 2.02. The van der Waals surface area contributed by atoms with Gasteiger partial charge in [-0.25, -0.2) is 0 Å². The van der Waals surface area contributed by atoms with Crippen molar-refractivity contribution in [2.45, 2.75) is 0 Å². The third-order valence-corrected chi connectivity index (χ3v) is 3.18. The highest BCUT2D eigenvalue weighted by Crippen LogP contribution is 2.25. The van der Waals surface area contributed by atoms with Crippen LogP contribution in [0.3, 0.4) is 0 Å². The molecule has 0 aliphatic carbocycles. The zero-order chi connectivity index (χ0) is 11.5. The smallest absolute Gasteiger partial charge is 0.263 e. The second kappa shape index (κ2) is 4.52. The minimum Gasteiger partial charge on any atom is -0.307 e. The van der Waals surface area contributed by atoms with Gasteiger partial charge in [0.15, 0.2) is 0 Å². The fraction of sp³-hybridized carbons (Fsp3) is 0. The predicted octanol–water partition coefficient (Wildman–Crippen LogP) is 2.16. The molecule has 1 aromatic carbocycles. The second-order valence-electron chi connectivity index (χ2n) is 3.12. The summed E-state index contributed by atoms with van der Waals surface area (Å²) in [4.78, 5) is 12.0. The van der Waals surface area contributed by atoms with Gasteiger partial charge in [0.25, 0.3) is 5.91 Å². The molecule has 1 aliphatic heterocycles. The number of rotatable bonds is 1. The molecule has 1 fully saturated rings. The number of carbonyl (C=O) groups excluding carboxylic acids is 1. The molecule has 78 valence electrons. The molecule has 0 spiro atoms. The van der Waals surface area contributed by atoms with Gasteiger partial charge < -0.3 is 5.32 Å². The summed E-state index contributed by atoms with van der Waals surface area (Å²) in [5, 5.41) is 2.56. The first kappa shape index (κ1) is 10.9. The monoisotopic (exact) mass is 245 g/mol. The number of nitrogens with one attached hydrogen (secondary N) is 1. The van der Waals surface area contributed by atoms with Crippen molar-refractivity contribution in [2.75, 3.05) is 0 Å². The lowest BCUT2D eigenvalue weighted by molar-refractivity contribution is -0.115. The lowest BCUT2D eigenvalue weighted by atomic mass is 10.1. The van der Waals surface area contributed by atoms with E-state index in [1.54, 1.807) is 6.08 Å². The van der Waals surface area contributed by atoms with Crippen LogP contribution in [0.2, 0.25) is 0 Å². The van der Waals surface area contributed by atoms with E-state index in [2.05, 4.69) is 11.2 Å². The molecule has 0 saturated carbocycles. The Hall–Kier alpha value is -1.57. The number of terminal acetylenes is 1. The van der Waals surface area contributed by atoms with Crippen LogP contribution in [0.5, 0.6) is 0 Å². The predicted molar refractivity (Wildman–Crippen MR) is 70.7 cm³/mol. The molecule has 0 unspecified atom stereocenters. The number of amides is 1. The lowest BCUT2D eigenvalue weighted by Gasteiger charge is -1.95. The van der Waals surface area contributed by atoms with Gasteiger partial charge in [-0.2, -0.15) is 0 Å². The fourth-order valence-electron chi connectivity index (χ4n) is 1.25. The van der Waals surface area contributed by atoms with Crippen molar-refractivity contribution in [3.05, 3.63) is 40.3 Å². The highest BCUT2D eigenvalue weighted by molar-refractivity contribution is 8.26. The van der Waals surface area contributed by atoms with Crippen molar-refractivity contribution < 1.29 is 4.79 Å². The normalized spacial score (nSPS) is 17.3. The Morgan fingerprint density at radius 1 is 1.38 bits per heavy atom. The molecule has 1 aliphatic rings. The average Bonchev–Trinajstić information content (AvgIpc) is 2.59. The van der Waals surface area contributed by atoms with E-state index >= 15 is 0 Å². The van der Waals surface area contributed by atoms with Crippen LogP contribution in [0.25, 0.3) is 6.08 Å². The molecule has 1 heterocycles. The summed E-state index contributed by atoms with van der Waals surface area (Å²) in [6, 6.07) is 7.42. The van der Waals surface area contributed by atoms with Crippen LogP contribution in [-0.4, -0.2) is 10.2 Å². The van der Waals surface area contributed by atoms with Crippen molar-refractivity contribution >= 4 is 40.3 Å². The van der Waals surface area contributed by atoms with Crippen molar-refractivity contribution in [3.8, 4) is 12.3 Å². The zero-order valence-corrected chi connectivity index (χ0v) is 9.82. The standard InChI is InChI=1S/C12H7NOS2/c1-2-8-3-5-9(6-4-8)7-10-11(14)13-12(15)16-10/h1,3-7H,(H,13,14,15)/b10-7-. The maximum Gasteiger partial charge on any atom is 0.263 e. The van der Waals surface area contributed by atoms with Crippen LogP contribution in [-0.2, 0) is 4.79 Å². The van der Waals surface area contributed by atoms with E-state index in [1.165, 1.54) is 11.8 Å². The van der Waals surface area contributed by atoms with E-state index < -0.39 is 0 Å². The molecule has 0 bridgehead atoms. The first-order chi connectivity index (χ1) is 7.69. The summed E-state index contributed by atoms with van der Waals surface area (Å²) in [5.41, 5.74) is 1.75. The molecule has 1 saturated heterocycles. The van der Waals surface area contributed by atoms with Crippen molar-refractivity contribution in [3.63, 3.8) is 0 Å². The Balaban J connectivity index is 2.26. The molecular weight excluding hydrogens is 238 g/mol. The third kappa shape index (κ3) is 2.32. The second-order valence-corrected chi connectivity index (χ2v) is 4.84. The average molecular weight is 245 g/mol. The molecule has 0 atom stereocenters. The minimum absolute atomic E-state index is 0.143. The van der Waals surface area contributed by atoms with Gasteiger partial charge in [-0.1, -0.05) is 42.0 Å². The van der Waals surface area contributed by atoms with Crippen molar-refractivity contribution in [1.82, 2.24) is 5.32 Å². The van der Waals surface area contributed by atoms with Crippen LogP contribution in [0.15, 0.2) is 29.2 Å². The van der Waals surface area contributed by atoms with Gasteiger partial charge >= 0.3 is 0 Å². The van der Waals surface area contributed by atoms with Gasteiger partial charge in [0, 0.05) is 5.56 Å². The molecule has 0 aromatic heterocycles. The van der Waals surface area contributed by atoms with E-state index in [0.29, 0.717) is 9.23 Å². The summed E-state index contributed by atoms with van der Waals surface area (Å²) in [6.07, 6.45) is 7.04. The molecule has 1 aromatic rings. The minimum atomic E-state index is -0.143. The Kier molecular flexibility index (Phi) is 3.09. The summed E-state index contributed by atoms with van der Waals surface area (Å²) in [7, 11) is 0. The van der Waals surface area contributed by atoms with E-state index in [1.807, 2.05) is 24.3 Å². The van der Waals surface area contributed by atoms with Crippen LogP contribution >= 0.6 is 24.0 Å². The zero-order valence-electron chi connectivity index (χ0n) is 8.19. The van der Waals surface area contributed by atoms with Crippen LogP contribution in [0.1, 0.15) is 11.1 Å². The Bertz CT molecular complexity index is 523. The number of benzene rings is 1. The Morgan fingerprint density at radius 2 is 2.06 bits per heavy atom. The largest absolute Gasteiger partial charge is 0.307 e. The SMILES string of the molecule is C#Cc1ccc(/C=C2\SC(=S)NC2=O)cc1. The van der Waals surface area contributed by atoms with Crippen LogP contribution in [0.4, 0.5) is 0 Å². The first-order valence-corrected chi connectivity index (χ1v) is 5.73. The number of hydrogen-bond donors (Lipinski definition) is 1. The fourth-order valence-corrected chi connectivity index (χ4v) is 2.29. The summed E-state index contributed by atoms with van der Waals surface area (Å²) in [6.45, 7) is 0. The topological polar surface area (TPSA) is 29.1 Å². The van der Waals surface area contributed by atoms with Crippen molar-refractivity contribution in [1.29, 1.82) is 0 Å². The Morgan fingerprint density at radius 3 is 2.56 bits per heavy atom. The molecule has 2 rings (SSSR count). The summed E-state index contributed by atoms with van der Waals surface area (Å²) >= 11 is 6.16. The van der Waals surface area contributed by atoms with E-state index in [4.69, 9.17) is 18.6 Å². The van der Waals surface area contributed by atoms with Gasteiger partial charge in [0.05, 0.1) is 4.91 Å². The molecule has 16 heavy (non-hydrogen) atoms. The van der Waals surface area contributed by atoms with E-state index in [-0.39, 0.29) is 5.91 Å². The van der Waals surface area contributed by atoms with E-state index in [0.717, 1.165) is 11.1 Å². The summed E-state index contributed by atoms with van der Waals surface area (Å²) in [5.74, 6) is 2.40. The van der Waals surface area contributed by atoms with Gasteiger partial charge in [-0.15, -0.1) is 6.42 Å². The van der Waals surface area contributed by atoms with Crippen LogP contribution < -0.4 is 5.32 Å². The van der Waals surface area contributed by atoms with Gasteiger partial charge in [-0.3, -0.25) is 4.79 Å². The maximum atomic E-state index is 11.4. The summed E-state index contributed by atoms with van der Waals surface area (Å²) < 4.78 is 0.497. The number of thioether (sulfide) groups is 1. The number of carbonyl (C=O) groups is 1. The molecule has 0 radical (unpaired) electrons. The highest BCUT2D eigenvalue weighted by Gasteiger charge is 2.21. The van der Waals surface area contributed by atoms with Gasteiger partial charge in [0.1, 0.15) is 4.32 Å². The molecule has 4 heteroatoms. The highest BCUT2D eigenvalue weighted by atomic mass is 32.2. The van der Waals surface area contributed by atoms with Crippen molar-refractivity contribution in [2.24, 2.45) is 0 Å². The van der Waals surface area contributed by atoms with Gasteiger partial charge in [-0.05, 0) is 23.8 Å². The molecule has 1 amide bonds. The maximum absolute atomic E-state index is 11.4. The molecule has 2 nitrogen and oxygen atoms in total. The molecule has 1 N–H and O–H groups in total.